The van der Waals surface area contributed by atoms with Gasteiger partial charge in [-0.3, -0.25) is 14.4 Å². The monoisotopic (exact) mass is 1120 g/mol. The van der Waals surface area contributed by atoms with E-state index in [9.17, 15) is 14.4 Å². The predicted molar refractivity (Wildman–Crippen MR) is 353 cm³/mol. The summed E-state index contributed by atoms with van der Waals surface area (Å²) in [5.74, 6) is -0.878. The van der Waals surface area contributed by atoms with Gasteiger partial charge in [-0.15, -0.1) is 0 Å². The summed E-state index contributed by atoms with van der Waals surface area (Å²) >= 11 is 0. The Kier molecular flexibility index (Phi) is 65.2. The first kappa shape index (κ1) is 77.1. The lowest BCUT2D eigenvalue weighted by atomic mass is 10.0. The Balaban J connectivity index is 4.07. The summed E-state index contributed by atoms with van der Waals surface area (Å²) < 4.78 is 16.9. The third kappa shape index (κ3) is 66.8. The molecule has 0 aromatic heterocycles. The van der Waals surface area contributed by atoms with Gasteiger partial charge in [0.25, 0.3) is 0 Å². The predicted octanol–water partition coefficient (Wildman–Crippen LogP) is 23.8. The van der Waals surface area contributed by atoms with Crippen LogP contribution in [0, 0.1) is 0 Å². The lowest BCUT2D eigenvalue weighted by Gasteiger charge is -2.18. The van der Waals surface area contributed by atoms with Gasteiger partial charge in [-0.05, 0) is 103 Å². The van der Waals surface area contributed by atoms with E-state index in [4.69, 9.17) is 14.2 Å². The van der Waals surface area contributed by atoms with E-state index in [-0.39, 0.29) is 31.1 Å². The second-order valence-corrected chi connectivity index (χ2v) is 22.7. The standard InChI is InChI=1S/C75H128O6/c1-4-7-10-13-16-18-20-22-24-26-28-30-32-34-35-36-37-38-39-41-42-44-46-48-50-52-54-56-59-62-65-68-74(77)80-71-72(70-79-73(76)67-64-61-58-15-12-9-6-3)81-75(78)69-66-63-60-57-55-53-51-49-47-45-43-40-33-31-29-27-25-23-21-19-17-14-11-8-5-2/h7-8,10-11,16-19,22-25,28-31,40,43,72H,4-6,9,12-15,20-21,26-27,32-39,41-42,44-71H2,1-3H3/b10-7-,11-8-,18-16-,19-17-,24-22-,25-23-,30-28-,31-29-,43-40-. The quantitative estimate of drug-likeness (QED) is 0.0261. The van der Waals surface area contributed by atoms with Gasteiger partial charge in [0.15, 0.2) is 6.10 Å². The van der Waals surface area contributed by atoms with Gasteiger partial charge < -0.3 is 14.2 Å². The molecule has 0 heterocycles. The maximum Gasteiger partial charge on any atom is 0.306 e. The van der Waals surface area contributed by atoms with E-state index in [2.05, 4.69) is 130 Å². The van der Waals surface area contributed by atoms with Gasteiger partial charge in [-0.25, -0.2) is 0 Å². The third-order valence-corrected chi connectivity index (χ3v) is 14.8. The summed E-state index contributed by atoms with van der Waals surface area (Å²) in [6.45, 7) is 6.40. The smallest absolute Gasteiger partial charge is 0.306 e. The highest BCUT2D eigenvalue weighted by Crippen LogP contribution is 2.17. The molecule has 0 amide bonds. The molecule has 0 aliphatic rings. The molecule has 464 valence electrons. The van der Waals surface area contributed by atoms with E-state index in [0.717, 1.165) is 122 Å². The number of unbranched alkanes of at least 4 members (excludes halogenated alkanes) is 33. The lowest BCUT2D eigenvalue weighted by molar-refractivity contribution is -0.167. The summed E-state index contributed by atoms with van der Waals surface area (Å²) in [6, 6.07) is 0. The molecule has 0 bridgehead atoms. The Morgan fingerprint density at radius 3 is 0.753 bits per heavy atom. The SMILES string of the molecule is CC/C=C\C/C=C\C/C=C\C/C=C\C/C=C\CCCCCCCCCCCC(=O)OC(COC(=O)CCCCCCCCC)COC(=O)CCCCCCCCCCCCCCCCCCCC/C=C\C/C=C\C/C=C\C/C=C\CC. The molecular weight excluding hydrogens is 997 g/mol. The molecule has 1 atom stereocenters. The highest BCUT2D eigenvalue weighted by molar-refractivity contribution is 5.71. The Morgan fingerprint density at radius 1 is 0.259 bits per heavy atom. The van der Waals surface area contributed by atoms with Gasteiger partial charge in [0.05, 0.1) is 0 Å². The second-order valence-electron chi connectivity index (χ2n) is 22.7. The van der Waals surface area contributed by atoms with Crippen molar-refractivity contribution in [1.29, 1.82) is 0 Å². The molecule has 0 aromatic carbocycles. The number of esters is 3. The van der Waals surface area contributed by atoms with Crippen molar-refractivity contribution < 1.29 is 28.6 Å². The summed E-state index contributed by atoms with van der Waals surface area (Å²) in [7, 11) is 0. The summed E-state index contributed by atoms with van der Waals surface area (Å²) in [4.78, 5) is 38.2. The average Bonchev–Trinajstić information content (AvgIpc) is 3.46. The molecule has 0 aromatic rings. The molecule has 0 aliphatic carbocycles. The van der Waals surface area contributed by atoms with Gasteiger partial charge >= 0.3 is 17.9 Å². The fourth-order valence-electron chi connectivity index (χ4n) is 9.70. The minimum atomic E-state index is -0.779. The van der Waals surface area contributed by atoms with Crippen LogP contribution in [-0.2, 0) is 28.6 Å². The van der Waals surface area contributed by atoms with Crippen LogP contribution in [0.4, 0.5) is 0 Å². The zero-order valence-electron chi connectivity index (χ0n) is 53.3. The van der Waals surface area contributed by atoms with E-state index in [1.807, 2.05) is 0 Å². The third-order valence-electron chi connectivity index (χ3n) is 14.8. The van der Waals surface area contributed by atoms with Crippen LogP contribution in [0.2, 0.25) is 0 Å². The maximum atomic E-state index is 12.9. The molecule has 0 fully saturated rings. The van der Waals surface area contributed by atoms with Crippen LogP contribution in [0.15, 0.2) is 109 Å². The number of rotatable bonds is 62. The number of hydrogen-bond donors (Lipinski definition) is 0. The van der Waals surface area contributed by atoms with E-state index >= 15 is 0 Å². The largest absolute Gasteiger partial charge is 0.462 e. The van der Waals surface area contributed by atoms with Crippen molar-refractivity contribution in [3.63, 3.8) is 0 Å². The highest BCUT2D eigenvalue weighted by atomic mass is 16.6. The lowest BCUT2D eigenvalue weighted by Crippen LogP contribution is -2.30. The fourth-order valence-corrected chi connectivity index (χ4v) is 9.70. The molecule has 1 unspecified atom stereocenters. The van der Waals surface area contributed by atoms with Gasteiger partial charge in [-0.2, -0.15) is 0 Å². The fraction of sp³-hybridized carbons (Fsp3) is 0.720. The van der Waals surface area contributed by atoms with Crippen molar-refractivity contribution >= 4 is 17.9 Å². The van der Waals surface area contributed by atoms with Crippen LogP contribution in [0.5, 0.6) is 0 Å². The Labute approximate surface area is 501 Å². The summed E-state index contributed by atoms with van der Waals surface area (Å²) in [5, 5.41) is 0. The first-order valence-corrected chi connectivity index (χ1v) is 34.4. The zero-order valence-corrected chi connectivity index (χ0v) is 53.3. The minimum Gasteiger partial charge on any atom is -0.462 e. The summed E-state index contributed by atoms with van der Waals surface area (Å²) in [5.41, 5.74) is 0. The van der Waals surface area contributed by atoms with Crippen molar-refractivity contribution in [2.24, 2.45) is 0 Å². The minimum absolute atomic E-state index is 0.0772. The van der Waals surface area contributed by atoms with Gasteiger partial charge in [-0.1, -0.05) is 316 Å². The Bertz CT molecular complexity index is 1620. The molecule has 0 rings (SSSR count). The van der Waals surface area contributed by atoms with E-state index in [0.29, 0.717) is 19.3 Å². The molecule has 0 saturated heterocycles. The highest BCUT2D eigenvalue weighted by Gasteiger charge is 2.19. The van der Waals surface area contributed by atoms with E-state index in [1.165, 1.54) is 167 Å². The normalized spacial score (nSPS) is 12.8. The van der Waals surface area contributed by atoms with Crippen molar-refractivity contribution in [1.82, 2.24) is 0 Å². The van der Waals surface area contributed by atoms with Gasteiger partial charge in [0.1, 0.15) is 13.2 Å². The molecule has 0 radical (unpaired) electrons. The molecule has 0 saturated carbocycles. The molecular formula is C75H128O6. The molecule has 6 nitrogen and oxygen atoms in total. The Morgan fingerprint density at radius 2 is 0.481 bits per heavy atom. The Hall–Kier alpha value is -3.93. The number of ether oxygens (including phenoxy) is 3. The number of allylic oxidation sites excluding steroid dienone is 18. The zero-order chi connectivity index (χ0) is 58.5. The molecule has 6 heteroatoms. The number of carbonyl (C=O) groups is 3. The van der Waals surface area contributed by atoms with Crippen LogP contribution in [0.1, 0.15) is 329 Å². The number of carbonyl (C=O) groups excluding carboxylic acids is 3. The van der Waals surface area contributed by atoms with Crippen LogP contribution in [0.25, 0.3) is 0 Å². The molecule has 0 N–H and O–H groups in total. The van der Waals surface area contributed by atoms with E-state index in [1.54, 1.807) is 0 Å². The number of hydrogen-bond acceptors (Lipinski definition) is 6. The molecule has 0 spiro atoms. The van der Waals surface area contributed by atoms with Crippen LogP contribution in [-0.4, -0.2) is 37.2 Å². The van der Waals surface area contributed by atoms with Crippen LogP contribution in [0.3, 0.4) is 0 Å². The average molecular weight is 1130 g/mol. The molecule has 81 heavy (non-hydrogen) atoms. The first-order valence-electron chi connectivity index (χ1n) is 34.4. The maximum absolute atomic E-state index is 12.9. The first-order chi connectivity index (χ1) is 40.0. The molecule has 0 aliphatic heterocycles. The second kappa shape index (κ2) is 68.6. The van der Waals surface area contributed by atoms with Crippen molar-refractivity contribution in [3.05, 3.63) is 109 Å². The van der Waals surface area contributed by atoms with Gasteiger partial charge in [0, 0.05) is 19.3 Å². The van der Waals surface area contributed by atoms with E-state index < -0.39 is 6.10 Å². The van der Waals surface area contributed by atoms with Crippen molar-refractivity contribution in [2.75, 3.05) is 13.2 Å². The topological polar surface area (TPSA) is 78.9 Å². The summed E-state index contributed by atoms with van der Waals surface area (Å²) in [6.07, 6.45) is 94.3. The van der Waals surface area contributed by atoms with Gasteiger partial charge in [0.2, 0.25) is 0 Å². The van der Waals surface area contributed by atoms with Crippen molar-refractivity contribution in [3.8, 4) is 0 Å². The van der Waals surface area contributed by atoms with Crippen LogP contribution < -0.4 is 0 Å². The van der Waals surface area contributed by atoms with Crippen molar-refractivity contribution in [2.45, 2.75) is 335 Å². The van der Waals surface area contributed by atoms with Crippen LogP contribution >= 0.6 is 0 Å².